The molecule has 6 nitrogen and oxygen atoms in total. The minimum absolute atomic E-state index is 0.0460. The summed E-state index contributed by atoms with van der Waals surface area (Å²) in [7, 11) is 0. The zero-order valence-corrected chi connectivity index (χ0v) is 16.7. The predicted molar refractivity (Wildman–Crippen MR) is 112 cm³/mol. The van der Waals surface area contributed by atoms with Gasteiger partial charge in [-0.05, 0) is 37.1 Å². The van der Waals surface area contributed by atoms with Gasteiger partial charge in [-0.1, -0.05) is 24.3 Å². The van der Waals surface area contributed by atoms with Crippen LogP contribution in [-0.4, -0.2) is 40.9 Å². The first-order chi connectivity index (χ1) is 14.2. The second-order valence-corrected chi connectivity index (χ2v) is 8.56. The van der Waals surface area contributed by atoms with Crippen molar-refractivity contribution < 1.29 is 14.3 Å². The highest BCUT2D eigenvalue weighted by molar-refractivity contribution is 7.18. The van der Waals surface area contributed by atoms with Gasteiger partial charge >= 0.3 is 0 Å². The molecule has 1 fully saturated rings. The molecule has 2 aromatic carbocycles. The minimum Gasteiger partial charge on any atom is -0.478 e. The van der Waals surface area contributed by atoms with Gasteiger partial charge in [-0.2, -0.15) is 0 Å². The summed E-state index contributed by atoms with van der Waals surface area (Å²) in [6.45, 7) is 1.36. The Labute approximate surface area is 172 Å². The fraction of sp³-hybridized carbons (Fsp3) is 0.318. The molecule has 1 saturated heterocycles. The van der Waals surface area contributed by atoms with Gasteiger partial charge in [-0.3, -0.25) is 9.59 Å². The number of hydrogen-bond acceptors (Lipinski definition) is 5. The quantitative estimate of drug-likeness (QED) is 0.717. The van der Waals surface area contributed by atoms with Crippen LogP contribution in [0.3, 0.4) is 0 Å². The number of benzene rings is 2. The molecule has 0 radical (unpaired) electrons. The van der Waals surface area contributed by atoms with Gasteiger partial charge in [0.2, 0.25) is 5.91 Å². The zero-order chi connectivity index (χ0) is 19.8. The number of anilines is 1. The molecule has 0 bridgehead atoms. The number of nitrogens with zero attached hydrogens (tertiary/aromatic N) is 2. The number of para-hydroxylation sites is 3. The molecule has 5 rings (SSSR count). The first-order valence-corrected chi connectivity index (χ1v) is 10.7. The van der Waals surface area contributed by atoms with Crippen LogP contribution in [0.1, 0.15) is 30.2 Å². The van der Waals surface area contributed by atoms with Crippen molar-refractivity contribution >= 4 is 39.1 Å². The smallest absolute Gasteiger partial charge is 0.266 e. The van der Waals surface area contributed by atoms with Crippen molar-refractivity contribution in [3.8, 4) is 5.75 Å². The van der Waals surface area contributed by atoms with Crippen molar-refractivity contribution in [2.24, 2.45) is 0 Å². The van der Waals surface area contributed by atoms with E-state index in [2.05, 4.69) is 11.4 Å². The number of nitrogens with one attached hydrogen (secondary N) is 1. The maximum atomic E-state index is 12.9. The summed E-state index contributed by atoms with van der Waals surface area (Å²) in [5, 5.41) is 3.91. The zero-order valence-electron chi connectivity index (χ0n) is 15.8. The van der Waals surface area contributed by atoms with E-state index >= 15 is 0 Å². The van der Waals surface area contributed by atoms with Crippen LogP contribution in [0, 0.1) is 0 Å². The van der Waals surface area contributed by atoms with Crippen molar-refractivity contribution in [1.82, 2.24) is 9.88 Å². The molecule has 7 heteroatoms. The molecule has 2 atom stereocenters. The SMILES string of the molecule is O=C1Nc2ccccc2O[C@@H]1CC(=O)N1CCC[C@@H](c2nc3ccccc3s2)C1. The molecule has 2 amide bonds. The highest BCUT2D eigenvalue weighted by Gasteiger charge is 2.33. The number of carbonyl (C=O) groups excluding carboxylic acids is 2. The highest BCUT2D eigenvalue weighted by Crippen LogP contribution is 2.34. The van der Waals surface area contributed by atoms with Crippen LogP contribution in [0.5, 0.6) is 5.75 Å². The molecule has 1 N–H and O–H groups in total. The summed E-state index contributed by atoms with van der Waals surface area (Å²) in [5.74, 6) is 0.537. The lowest BCUT2D eigenvalue weighted by molar-refractivity contribution is -0.138. The number of likely N-dealkylation sites (tertiary alicyclic amines) is 1. The summed E-state index contributed by atoms with van der Waals surface area (Å²) >= 11 is 1.71. The standard InChI is InChI=1S/C22H21N3O3S/c26-20(12-18-21(27)23-15-7-1-3-9-17(15)28-18)25-11-5-6-14(13-25)22-24-16-8-2-4-10-19(16)29-22/h1-4,7-10,14,18H,5-6,11-13H2,(H,23,27)/t14-,18-/m1/s1. The van der Waals surface area contributed by atoms with Gasteiger partial charge in [-0.15, -0.1) is 11.3 Å². The maximum absolute atomic E-state index is 12.9. The Balaban J connectivity index is 1.27. The molecular formula is C22H21N3O3S. The Morgan fingerprint density at radius 2 is 2.03 bits per heavy atom. The lowest BCUT2D eigenvalue weighted by atomic mass is 9.98. The molecule has 3 aromatic rings. The van der Waals surface area contributed by atoms with Crippen LogP contribution in [-0.2, 0) is 9.59 Å². The molecule has 0 aliphatic carbocycles. The van der Waals surface area contributed by atoms with E-state index in [4.69, 9.17) is 9.72 Å². The van der Waals surface area contributed by atoms with Gasteiger partial charge in [0.25, 0.3) is 5.91 Å². The molecule has 3 heterocycles. The summed E-state index contributed by atoms with van der Waals surface area (Å²) in [4.78, 5) is 31.9. The average Bonchev–Trinajstić information content (AvgIpc) is 3.19. The second-order valence-electron chi connectivity index (χ2n) is 7.49. The number of carbonyl (C=O) groups is 2. The summed E-state index contributed by atoms with van der Waals surface area (Å²) in [5.41, 5.74) is 1.66. The van der Waals surface area contributed by atoms with Crippen molar-refractivity contribution in [3.05, 3.63) is 53.5 Å². The number of piperidine rings is 1. The van der Waals surface area contributed by atoms with Crippen molar-refractivity contribution in [1.29, 1.82) is 0 Å². The number of hydrogen-bond donors (Lipinski definition) is 1. The van der Waals surface area contributed by atoms with Crippen molar-refractivity contribution in [2.45, 2.75) is 31.3 Å². The van der Waals surface area contributed by atoms with Crippen molar-refractivity contribution in [3.63, 3.8) is 0 Å². The molecule has 1 aromatic heterocycles. The number of thiazole rings is 1. The van der Waals surface area contributed by atoms with E-state index in [-0.39, 0.29) is 24.2 Å². The summed E-state index contributed by atoms with van der Waals surface area (Å²) in [6, 6.07) is 15.4. The largest absolute Gasteiger partial charge is 0.478 e. The molecule has 148 valence electrons. The Morgan fingerprint density at radius 3 is 2.93 bits per heavy atom. The van der Waals surface area contributed by atoms with Crippen molar-refractivity contribution in [2.75, 3.05) is 18.4 Å². The lowest BCUT2D eigenvalue weighted by Gasteiger charge is -2.33. The Morgan fingerprint density at radius 1 is 1.21 bits per heavy atom. The van der Waals surface area contributed by atoms with E-state index < -0.39 is 6.10 Å². The van der Waals surface area contributed by atoms with Crippen LogP contribution >= 0.6 is 11.3 Å². The number of amides is 2. The fourth-order valence-electron chi connectivity index (χ4n) is 3.98. The molecule has 2 aliphatic heterocycles. The predicted octanol–water partition coefficient (Wildman–Crippen LogP) is 3.79. The molecule has 0 unspecified atom stereocenters. The summed E-state index contributed by atoms with van der Waals surface area (Å²) in [6.07, 6.45) is 1.22. The van der Waals surface area contributed by atoms with Gasteiger partial charge in [0.05, 0.1) is 27.3 Å². The summed E-state index contributed by atoms with van der Waals surface area (Å²) < 4.78 is 6.96. The minimum atomic E-state index is -0.791. The highest BCUT2D eigenvalue weighted by atomic mass is 32.1. The Bertz CT molecular complexity index is 1050. The fourth-order valence-corrected chi connectivity index (χ4v) is 5.08. The first-order valence-electron chi connectivity index (χ1n) is 9.87. The Hall–Kier alpha value is -2.93. The average molecular weight is 407 g/mol. The van der Waals surface area contributed by atoms with E-state index in [0.29, 0.717) is 24.5 Å². The third-order valence-corrected chi connectivity index (χ3v) is 6.70. The molecule has 29 heavy (non-hydrogen) atoms. The third-order valence-electron chi connectivity index (χ3n) is 5.50. The molecule has 2 aliphatic rings. The first kappa shape index (κ1) is 18.1. The lowest BCUT2D eigenvalue weighted by Crippen LogP contribution is -2.44. The normalized spacial score (nSPS) is 21.4. The van der Waals surface area contributed by atoms with Crippen LogP contribution in [0.2, 0.25) is 0 Å². The molecule has 0 spiro atoms. The van der Waals surface area contributed by atoms with E-state index in [1.807, 2.05) is 35.2 Å². The second kappa shape index (κ2) is 7.48. The van der Waals surface area contributed by atoms with Gasteiger partial charge < -0.3 is 15.0 Å². The van der Waals surface area contributed by atoms with Crippen LogP contribution < -0.4 is 10.1 Å². The maximum Gasteiger partial charge on any atom is 0.266 e. The molecular weight excluding hydrogens is 386 g/mol. The monoisotopic (exact) mass is 407 g/mol. The topological polar surface area (TPSA) is 71.5 Å². The van der Waals surface area contributed by atoms with Crippen LogP contribution in [0.15, 0.2) is 48.5 Å². The number of aromatic nitrogens is 1. The van der Waals surface area contributed by atoms with E-state index in [9.17, 15) is 9.59 Å². The number of rotatable bonds is 3. The van der Waals surface area contributed by atoms with Gasteiger partial charge in [-0.25, -0.2) is 4.98 Å². The van der Waals surface area contributed by atoms with E-state index in [1.54, 1.807) is 23.5 Å². The van der Waals surface area contributed by atoms with Crippen LogP contribution in [0.25, 0.3) is 10.2 Å². The molecule has 0 saturated carbocycles. The Kier molecular flexibility index (Phi) is 4.67. The van der Waals surface area contributed by atoms with Gasteiger partial charge in [0, 0.05) is 19.0 Å². The third kappa shape index (κ3) is 3.58. The van der Waals surface area contributed by atoms with Gasteiger partial charge in [0.15, 0.2) is 6.10 Å². The number of fused-ring (bicyclic) bond motifs is 2. The van der Waals surface area contributed by atoms with E-state index in [0.717, 1.165) is 23.4 Å². The van der Waals surface area contributed by atoms with E-state index in [1.165, 1.54) is 4.70 Å². The van der Waals surface area contributed by atoms with Gasteiger partial charge in [0.1, 0.15) is 5.75 Å². The van der Waals surface area contributed by atoms with Crippen LogP contribution in [0.4, 0.5) is 5.69 Å². The number of ether oxygens (including phenoxy) is 1.